The number of halogens is 2. The van der Waals surface area contributed by atoms with E-state index < -0.39 is 11.8 Å². The highest BCUT2D eigenvalue weighted by Gasteiger charge is 2.36. The van der Waals surface area contributed by atoms with Crippen LogP contribution in [0.3, 0.4) is 0 Å². The number of aromatic nitrogens is 2. The first kappa shape index (κ1) is 10.8. The number of rotatable bonds is 3. The van der Waals surface area contributed by atoms with Gasteiger partial charge < -0.3 is 4.74 Å². The van der Waals surface area contributed by atoms with Gasteiger partial charge in [0, 0.05) is 18.3 Å². The quantitative estimate of drug-likeness (QED) is 0.753. The number of alkyl halides is 2. The molecular formula is C9H12F2N2O. The summed E-state index contributed by atoms with van der Waals surface area (Å²) in [6, 6.07) is 0.0910. The van der Waals surface area contributed by atoms with Crippen molar-refractivity contribution < 1.29 is 13.5 Å². The van der Waals surface area contributed by atoms with Crippen molar-refractivity contribution in [3.05, 3.63) is 18.0 Å². The van der Waals surface area contributed by atoms with E-state index in [1.54, 1.807) is 0 Å². The molecule has 0 saturated heterocycles. The average molecular weight is 202 g/mol. The maximum Gasteiger partial charge on any atom is 0.316 e. The number of nitrogens with zero attached hydrogens (tertiary/aromatic N) is 2. The van der Waals surface area contributed by atoms with E-state index in [0.717, 1.165) is 12.4 Å². The number of hydrogen-bond donors (Lipinski definition) is 0. The Kier molecular flexibility index (Phi) is 2.98. The molecule has 0 aliphatic rings. The van der Waals surface area contributed by atoms with Crippen LogP contribution in [0.25, 0.3) is 0 Å². The molecule has 0 radical (unpaired) electrons. The normalized spacial score (nSPS) is 11.9. The van der Waals surface area contributed by atoms with E-state index in [-0.39, 0.29) is 11.6 Å². The third-order valence-electron chi connectivity index (χ3n) is 1.92. The molecule has 5 heteroatoms. The van der Waals surface area contributed by atoms with Gasteiger partial charge in [0.15, 0.2) is 0 Å². The summed E-state index contributed by atoms with van der Waals surface area (Å²) in [4.78, 5) is 7.27. The lowest BCUT2D eigenvalue weighted by Gasteiger charge is -2.19. The molecule has 0 bridgehead atoms. The maximum absolute atomic E-state index is 13.4. The Bertz CT molecular complexity index is 298. The Morgan fingerprint density at radius 2 is 1.79 bits per heavy atom. The van der Waals surface area contributed by atoms with Crippen molar-refractivity contribution in [2.24, 2.45) is 5.92 Å². The molecule has 0 saturated carbocycles. The summed E-state index contributed by atoms with van der Waals surface area (Å²) in [6.07, 6.45) is 2.18. The molecule has 1 heterocycles. The third kappa shape index (κ3) is 1.97. The largest absolute Gasteiger partial charge is 0.467 e. The van der Waals surface area contributed by atoms with Gasteiger partial charge in [-0.25, -0.2) is 18.7 Å². The van der Waals surface area contributed by atoms with Crippen LogP contribution in [-0.4, -0.2) is 17.1 Å². The molecule has 0 unspecified atom stereocenters. The van der Waals surface area contributed by atoms with Crippen LogP contribution in [0.1, 0.15) is 19.4 Å². The van der Waals surface area contributed by atoms with Crippen LogP contribution in [0.4, 0.5) is 8.78 Å². The topological polar surface area (TPSA) is 35.0 Å². The summed E-state index contributed by atoms with van der Waals surface area (Å²) in [5, 5.41) is 0. The first-order valence-electron chi connectivity index (χ1n) is 4.22. The molecule has 0 aromatic carbocycles. The van der Waals surface area contributed by atoms with E-state index in [9.17, 15) is 8.78 Å². The van der Waals surface area contributed by atoms with E-state index in [0.29, 0.717) is 0 Å². The number of methoxy groups -OCH3 is 1. The Labute approximate surface area is 81.1 Å². The third-order valence-corrected chi connectivity index (χ3v) is 1.92. The summed E-state index contributed by atoms with van der Waals surface area (Å²) in [5.41, 5.74) is -0.187. The molecule has 0 fully saturated rings. The van der Waals surface area contributed by atoms with Crippen molar-refractivity contribution in [3.8, 4) is 6.01 Å². The lowest BCUT2D eigenvalue weighted by Crippen LogP contribution is -2.21. The minimum absolute atomic E-state index is 0.0910. The minimum Gasteiger partial charge on any atom is -0.467 e. The van der Waals surface area contributed by atoms with E-state index in [1.165, 1.54) is 21.0 Å². The Hall–Kier alpha value is -1.26. The van der Waals surface area contributed by atoms with Gasteiger partial charge in [0.05, 0.1) is 12.7 Å². The van der Waals surface area contributed by atoms with Gasteiger partial charge in [-0.1, -0.05) is 13.8 Å². The zero-order valence-corrected chi connectivity index (χ0v) is 8.29. The van der Waals surface area contributed by atoms with Crippen LogP contribution in [0, 0.1) is 5.92 Å². The monoisotopic (exact) mass is 202 g/mol. The van der Waals surface area contributed by atoms with Gasteiger partial charge in [0.1, 0.15) is 0 Å². The molecule has 0 amide bonds. The standard InChI is InChI=1S/C9H12F2N2O/c1-6(2)9(10,11)7-4-12-8(14-3)13-5-7/h4-6H,1-3H3. The molecule has 0 spiro atoms. The Balaban J connectivity index is 2.97. The van der Waals surface area contributed by atoms with Gasteiger partial charge in [-0.3, -0.25) is 0 Å². The second-order valence-electron chi connectivity index (χ2n) is 3.24. The lowest BCUT2D eigenvalue weighted by molar-refractivity contribution is -0.0520. The Morgan fingerprint density at radius 3 is 2.14 bits per heavy atom. The molecule has 3 nitrogen and oxygen atoms in total. The van der Waals surface area contributed by atoms with Crippen molar-refractivity contribution in [1.82, 2.24) is 9.97 Å². The summed E-state index contributed by atoms with van der Waals surface area (Å²) in [7, 11) is 1.38. The lowest BCUT2D eigenvalue weighted by atomic mass is 10.0. The number of hydrogen-bond acceptors (Lipinski definition) is 3. The van der Waals surface area contributed by atoms with Crippen LogP contribution in [-0.2, 0) is 5.92 Å². The van der Waals surface area contributed by atoms with Gasteiger partial charge in [-0.15, -0.1) is 0 Å². The van der Waals surface area contributed by atoms with Crippen molar-refractivity contribution in [1.29, 1.82) is 0 Å². The summed E-state index contributed by atoms with van der Waals surface area (Å²) in [5.74, 6) is -3.67. The van der Waals surface area contributed by atoms with Gasteiger partial charge in [0.2, 0.25) is 0 Å². The first-order chi connectivity index (χ1) is 6.48. The minimum atomic E-state index is -2.90. The highest BCUT2D eigenvalue weighted by atomic mass is 19.3. The van der Waals surface area contributed by atoms with E-state index in [4.69, 9.17) is 0 Å². The maximum atomic E-state index is 13.4. The van der Waals surface area contributed by atoms with Crippen LogP contribution in [0.15, 0.2) is 12.4 Å². The fraction of sp³-hybridized carbons (Fsp3) is 0.556. The molecule has 0 aliphatic heterocycles. The fourth-order valence-corrected chi connectivity index (χ4v) is 0.927. The zero-order chi connectivity index (χ0) is 10.8. The van der Waals surface area contributed by atoms with Gasteiger partial charge in [-0.05, 0) is 0 Å². The van der Waals surface area contributed by atoms with Crippen molar-refractivity contribution in [2.75, 3.05) is 7.11 Å². The van der Waals surface area contributed by atoms with Crippen molar-refractivity contribution in [2.45, 2.75) is 19.8 Å². The zero-order valence-electron chi connectivity index (χ0n) is 8.29. The highest BCUT2D eigenvalue weighted by Crippen LogP contribution is 2.34. The van der Waals surface area contributed by atoms with Crippen LogP contribution >= 0.6 is 0 Å². The molecule has 1 rings (SSSR count). The van der Waals surface area contributed by atoms with Gasteiger partial charge in [-0.2, -0.15) is 0 Å². The second kappa shape index (κ2) is 3.86. The molecule has 14 heavy (non-hydrogen) atoms. The predicted molar refractivity (Wildman–Crippen MR) is 47.3 cm³/mol. The molecule has 78 valence electrons. The smallest absolute Gasteiger partial charge is 0.316 e. The van der Waals surface area contributed by atoms with Crippen LogP contribution in [0.5, 0.6) is 6.01 Å². The molecular weight excluding hydrogens is 190 g/mol. The predicted octanol–water partition coefficient (Wildman–Crippen LogP) is 2.23. The van der Waals surface area contributed by atoms with E-state index >= 15 is 0 Å². The van der Waals surface area contributed by atoms with Crippen molar-refractivity contribution in [3.63, 3.8) is 0 Å². The van der Waals surface area contributed by atoms with E-state index in [2.05, 4.69) is 14.7 Å². The fourth-order valence-electron chi connectivity index (χ4n) is 0.927. The first-order valence-corrected chi connectivity index (χ1v) is 4.22. The summed E-state index contributed by atoms with van der Waals surface area (Å²) in [6.45, 7) is 2.90. The number of ether oxygens (including phenoxy) is 1. The Morgan fingerprint density at radius 1 is 1.29 bits per heavy atom. The summed E-state index contributed by atoms with van der Waals surface area (Å²) >= 11 is 0. The average Bonchev–Trinajstić information content (AvgIpc) is 2.17. The molecule has 0 N–H and O–H groups in total. The van der Waals surface area contributed by atoms with Gasteiger partial charge >= 0.3 is 6.01 Å². The van der Waals surface area contributed by atoms with E-state index in [1.807, 2.05) is 0 Å². The van der Waals surface area contributed by atoms with Crippen LogP contribution < -0.4 is 4.74 Å². The van der Waals surface area contributed by atoms with Crippen LogP contribution in [0.2, 0.25) is 0 Å². The summed E-state index contributed by atoms with van der Waals surface area (Å²) < 4.78 is 31.5. The second-order valence-corrected chi connectivity index (χ2v) is 3.24. The van der Waals surface area contributed by atoms with Gasteiger partial charge in [0.25, 0.3) is 5.92 Å². The molecule has 0 atom stereocenters. The highest BCUT2D eigenvalue weighted by molar-refractivity contribution is 5.14. The molecule has 1 aromatic rings. The molecule has 0 aliphatic carbocycles. The van der Waals surface area contributed by atoms with Crippen molar-refractivity contribution >= 4 is 0 Å². The SMILES string of the molecule is COc1ncc(C(F)(F)C(C)C)cn1. The molecule has 1 aromatic heterocycles.